The van der Waals surface area contributed by atoms with Gasteiger partial charge in [-0.1, -0.05) is 12.1 Å². The summed E-state index contributed by atoms with van der Waals surface area (Å²) in [7, 11) is -3.43. The summed E-state index contributed by atoms with van der Waals surface area (Å²) in [6.45, 7) is 1.67. The second kappa shape index (κ2) is 9.67. The fraction of sp³-hybridized carbons (Fsp3) is 0.286. The van der Waals surface area contributed by atoms with Crippen molar-refractivity contribution in [1.82, 2.24) is 9.62 Å². The van der Waals surface area contributed by atoms with Crippen LogP contribution < -0.4 is 10.1 Å². The Labute approximate surface area is 170 Å². The Kier molecular flexibility index (Phi) is 7.00. The molecule has 1 fully saturated rings. The Morgan fingerprint density at radius 3 is 2.38 bits per heavy atom. The fourth-order valence-corrected chi connectivity index (χ4v) is 4.45. The number of amides is 1. The average molecular weight is 418 g/mol. The summed E-state index contributed by atoms with van der Waals surface area (Å²) in [5, 5.41) is 2.68. The van der Waals surface area contributed by atoms with Crippen LogP contribution in [0, 0.1) is 5.82 Å². The molecule has 6 nitrogen and oxygen atoms in total. The minimum atomic E-state index is -3.43. The molecule has 0 unspecified atom stereocenters. The van der Waals surface area contributed by atoms with Crippen LogP contribution in [-0.2, 0) is 14.8 Å². The summed E-state index contributed by atoms with van der Waals surface area (Å²) >= 11 is 0. The molecular weight excluding hydrogens is 395 g/mol. The molecule has 2 aromatic rings. The zero-order valence-corrected chi connectivity index (χ0v) is 16.7. The van der Waals surface area contributed by atoms with Crippen LogP contribution in [-0.4, -0.2) is 44.9 Å². The molecule has 0 radical (unpaired) electrons. The molecule has 1 aliphatic rings. The van der Waals surface area contributed by atoms with E-state index in [0.29, 0.717) is 25.4 Å². The molecule has 154 valence electrons. The summed E-state index contributed by atoms with van der Waals surface area (Å²) < 4.78 is 44.8. The van der Waals surface area contributed by atoms with Crippen LogP contribution in [0.25, 0.3) is 6.08 Å². The van der Waals surface area contributed by atoms with Gasteiger partial charge in [0.05, 0.1) is 11.4 Å². The summed E-state index contributed by atoms with van der Waals surface area (Å²) in [6.07, 6.45) is 4.75. The van der Waals surface area contributed by atoms with Gasteiger partial charge in [0.2, 0.25) is 15.9 Å². The lowest BCUT2D eigenvalue weighted by Crippen LogP contribution is -2.27. The molecule has 1 aliphatic heterocycles. The molecule has 1 amide bonds. The second-order valence-electron chi connectivity index (χ2n) is 6.61. The van der Waals surface area contributed by atoms with E-state index in [-0.39, 0.29) is 23.2 Å². The molecule has 0 aromatic heterocycles. The highest BCUT2D eigenvalue weighted by Gasteiger charge is 2.26. The number of nitrogens with zero attached hydrogens (tertiary/aromatic N) is 1. The highest BCUT2D eigenvalue weighted by Crippen LogP contribution is 2.22. The van der Waals surface area contributed by atoms with E-state index in [1.54, 1.807) is 30.3 Å². The number of rotatable bonds is 8. The number of hydrogen-bond acceptors (Lipinski definition) is 4. The van der Waals surface area contributed by atoms with E-state index in [9.17, 15) is 17.6 Å². The van der Waals surface area contributed by atoms with Crippen molar-refractivity contribution in [3.8, 4) is 5.75 Å². The molecule has 29 heavy (non-hydrogen) atoms. The van der Waals surface area contributed by atoms with E-state index in [1.807, 2.05) is 0 Å². The van der Waals surface area contributed by atoms with Gasteiger partial charge in [-0.2, -0.15) is 4.31 Å². The highest BCUT2D eigenvalue weighted by molar-refractivity contribution is 7.89. The lowest BCUT2D eigenvalue weighted by atomic mass is 10.2. The maximum Gasteiger partial charge on any atom is 0.244 e. The molecule has 2 aromatic carbocycles. The Morgan fingerprint density at radius 2 is 1.72 bits per heavy atom. The van der Waals surface area contributed by atoms with Crippen molar-refractivity contribution < 1.29 is 22.3 Å². The molecule has 0 saturated carbocycles. The van der Waals surface area contributed by atoms with Crippen molar-refractivity contribution in [1.29, 1.82) is 0 Å². The molecule has 3 rings (SSSR count). The molecular formula is C21H23FN2O4S. The van der Waals surface area contributed by atoms with Crippen LogP contribution in [0.4, 0.5) is 4.39 Å². The first-order valence-corrected chi connectivity index (χ1v) is 10.8. The third-order valence-electron chi connectivity index (χ3n) is 4.49. The second-order valence-corrected chi connectivity index (χ2v) is 8.54. The highest BCUT2D eigenvalue weighted by atomic mass is 32.2. The van der Waals surface area contributed by atoms with Crippen molar-refractivity contribution in [3.63, 3.8) is 0 Å². The van der Waals surface area contributed by atoms with E-state index < -0.39 is 10.0 Å². The molecule has 0 bridgehead atoms. The van der Waals surface area contributed by atoms with E-state index in [4.69, 9.17) is 4.74 Å². The maximum atomic E-state index is 12.8. The van der Waals surface area contributed by atoms with Crippen LogP contribution >= 0.6 is 0 Å². The van der Waals surface area contributed by atoms with Crippen LogP contribution in [0.3, 0.4) is 0 Å². The normalized spacial score (nSPS) is 14.9. The van der Waals surface area contributed by atoms with Crippen molar-refractivity contribution in [2.24, 2.45) is 0 Å². The van der Waals surface area contributed by atoms with Gasteiger partial charge < -0.3 is 10.1 Å². The summed E-state index contributed by atoms with van der Waals surface area (Å²) in [5.74, 6) is -0.0862. The third-order valence-corrected chi connectivity index (χ3v) is 6.41. The van der Waals surface area contributed by atoms with Gasteiger partial charge in [-0.15, -0.1) is 0 Å². The van der Waals surface area contributed by atoms with E-state index >= 15 is 0 Å². The smallest absolute Gasteiger partial charge is 0.244 e. The van der Waals surface area contributed by atoms with Crippen molar-refractivity contribution in [2.75, 3.05) is 26.2 Å². The Balaban J connectivity index is 1.42. The SMILES string of the molecule is O=C(/C=C/c1ccc(F)cc1)NCCOc1ccc(S(=O)(=O)N2CCCC2)cc1. The third kappa shape index (κ3) is 5.88. The summed E-state index contributed by atoms with van der Waals surface area (Å²) in [5.41, 5.74) is 0.724. The number of carbonyl (C=O) groups is 1. The van der Waals surface area contributed by atoms with E-state index in [0.717, 1.165) is 18.4 Å². The Hall–Kier alpha value is -2.71. The van der Waals surface area contributed by atoms with Crippen molar-refractivity contribution in [2.45, 2.75) is 17.7 Å². The van der Waals surface area contributed by atoms with Crippen LogP contribution in [0.15, 0.2) is 59.5 Å². The minimum Gasteiger partial charge on any atom is -0.492 e. The first kappa shape index (κ1) is 21.0. The molecule has 1 heterocycles. The van der Waals surface area contributed by atoms with Gasteiger partial charge in [-0.25, -0.2) is 12.8 Å². The predicted octanol–water partition coefficient (Wildman–Crippen LogP) is 2.82. The van der Waals surface area contributed by atoms with Crippen LogP contribution in [0.1, 0.15) is 18.4 Å². The van der Waals surface area contributed by atoms with Gasteiger partial charge in [0.15, 0.2) is 0 Å². The predicted molar refractivity (Wildman–Crippen MR) is 108 cm³/mol. The minimum absolute atomic E-state index is 0.244. The number of benzene rings is 2. The topological polar surface area (TPSA) is 75.7 Å². The number of nitrogens with one attached hydrogen (secondary N) is 1. The quantitative estimate of drug-likeness (QED) is 0.528. The number of halogens is 1. The van der Waals surface area contributed by atoms with Crippen LogP contribution in [0.5, 0.6) is 5.75 Å². The largest absolute Gasteiger partial charge is 0.492 e. The molecule has 0 aliphatic carbocycles. The van der Waals surface area contributed by atoms with Crippen molar-refractivity contribution in [3.05, 3.63) is 66.0 Å². The van der Waals surface area contributed by atoms with Gasteiger partial charge in [-0.3, -0.25) is 4.79 Å². The lowest BCUT2D eigenvalue weighted by molar-refractivity contribution is -0.116. The standard InChI is InChI=1S/C21H23FN2O4S/c22-18-6-3-17(4-7-18)5-12-21(25)23-13-16-28-19-8-10-20(11-9-19)29(26,27)24-14-1-2-15-24/h3-12H,1-2,13-16H2,(H,23,25)/b12-5+. The number of hydrogen-bond donors (Lipinski definition) is 1. The van der Waals surface area contributed by atoms with Gasteiger partial charge in [0, 0.05) is 19.2 Å². The molecule has 1 N–H and O–H groups in total. The average Bonchev–Trinajstić information content (AvgIpc) is 3.27. The lowest BCUT2D eigenvalue weighted by Gasteiger charge is -2.15. The van der Waals surface area contributed by atoms with E-state index in [2.05, 4.69) is 5.32 Å². The maximum absolute atomic E-state index is 12.8. The van der Waals surface area contributed by atoms with Gasteiger partial charge in [-0.05, 0) is 60.9 Å². The Bertz CT molecular complexity index is 951. The molecule has 8 heteroatoms. The Morgan fingerprint density at radius 1 is 1.07 bits per heavy atom. The monoisotopic (exact) mass is 418 g/mol. The zero-order valence-electron chi connectivity index (χ0n) is 15.9. The van der Waals surface area contributed by atoms with Gasteiger partial charge >= 0.3 is 0 Å². The number of ether oxygens (including phenoxy) is 1. The number of carbonyl (C=O) groups excluding carboxylic acids is 1. The van der Waals surface area contributed by atoms with Crippen LogP contribution in [0.2, 0.25) is 0 Å². The molecule has 1 saturated heterocycles. The zero-order chi connectivity index (χ0) is 20.7. The molecule has 0 atom stereocenters. The first-order valence-electron chi connectivity index (χ1n) is 9.40. The number of sulfonamides is 1. The van der Waals surface area contributed by atoms with Crippen molar-refractivity contribution >= 4 is 22.0 Å². The fourth-order valence-electron chi connectivity index (χ4n) is 2.93. The van der Waals surface area contributed by atoms with Gasteiger partial charge in [0.25, 0.3) is 0 Å². The summed E-state index contributed by atoms with van der Waals surface area (Å²) in [6, 6.07) is 12.1. The van der Waals surface area contributed by atoms with E-state index in [1.165, 1.54) is 34.6 Å². The van der Waals surface area contributed by atoms with Gasteiger partial charge in [0.1, 0.15) is 18.2 Å². The summed E-state index contributed by atoms with van der Waals surface area (Å²) in [4.78, 5) is 12.0. The first-order chi connectivity index (χ1) is 13.9. The molecule has 0 spiro atoms.